The molecule has 1 aromatic rings. The maximum absolute atomic E-state index is 13.3. The number of carbonyl (C=O) groups is 1. The van der Waals surface area contributed by atoms with Gasteiger partial charge in [-0.2, -0.15) is 0 Å². The zero-order valence-corrected chi connectivity index (χ0v) is 11.2. The normalized spacial score (nSPS) is 22.1. The number of rotatable bonds is 4. The maximum Gasteiger partial charge on any atom is 0.307 e. The van der Waals surface area contributed by atoms with Crippen LogP contribution in [-0.2, 0) is 4.79 Å². The van der Waals surface area contributed by atoms with Gasteiger partial charge in [-0.1, -0.05) is 19.1 Å². The number of likely N-dealkylation sites (tertiary alicyclic amines) is 1. The van der Waals surface area contributed by atoms with Crippen molar-refractivity contribution in [2.45, 2.75) is 32.2 Å². The predicted molar refractivity (Wildman–Crippen MR) is 71.4 cm³/mol. The second-order valence-electron chi connectivity index (χ2n) is 5.15. The van der Waals surface area contributed by atoms with Crippen molar-refractivity contribution < 1.29 is 14.3 Å². The van der Waals surface area contributed by atoms with Crippen LogP contribution in [0.1, 0.15) is 37.8 Å². The van der Waals surface area contributed by atoms with E-state index in [9.17, 15) is 9.18 Å². The summed E-state index contributed by atoms with van der Waals surface area (Å²) in [6.07, 6.45) is 2.49. The molecular weight excluding hydrogens is 245 g/mol. The summed E-state index contributed by atoms with van der Waals surface area (Å²) in [6, 6.07) is 6.73. The highest BCUT2D eigenvalue weighted by Gasteiger charge is 2.29. The van der Waals surface area contributed by atoms with Gasteiger partial charge in [0.2, 0.25) is 0 Å². The van der Waals surface area contributed by atoms with Crippen molar-refractivity contribution >= 4 is 5.97 Å². The van der Waals surface area contributed by atoms with E-state index >= 15 is 0 Å². The summed E-state index contributed by atoms with van der Waals surface area (Å²) in [5.74, 6) is -1.25. The highest BCUT2D eigenvalue weighted by Crippen LogP contribution is 2.29. The van der Waals surface area contributed by atoms with Gasteiger partial charge in [-0.3, -0.25) is 9.69 Å². The SMILES string of the molecule is CCC(c1cccc(F)c1)N1CCCC(C(=O)O)C1. The van der Waals surface area contributed by atoms with Crippen molar-refractivity contribution in [3.63, 3.8) is 0 Å². The molecule has 1 heterocycles. The van der Waals surface area contributed by atoms with E-state index in [1.165, 1.54) is 6.07 Å². The first kappa shape index (κ1) is 14.0. The lowest BCUT2D eigenvalue weighted by molar-refractivity contribution is -0.144. The quantitative estimate of drug-likeness (QED) is 0.909. The monoisotopic (exact) mass is 265 g/mol. The molecule has 0 amide bonds. The average molecular weight is 265 g/mol. The smallest absolute Gasteiger partial charge is 0.307 e. The van der Waals surface area contributed by atoms with Crippen LogP contribution in [0.15, 0.2) is 24.3 Å². The third kappa shape index (κ3) is 3.32. The first-order chi connectivity index (χ1) is 9.11. The first-order valence-corrected chi connectivity index (χ1v) is 6.84. The molecule has 1 aromatic carbocycles. The Morgan fingerprint density at radius 3 is 3.00 bits per heavy atom. The van der Waals surface area contributed by atoms with Crippen molar-refractivity contribution in [3.8, 4) is 0 Å². The molecule has 0 aliphatic carbocycles. The third-order valence-electron chi connectivity index (χ3n) is 3.86. The second kappa shape index (κ2) is 6.15. The minimum absolute atomic E-state index is 0.109. The van der Waals surface area contributed by atoms with Crippen LogP contribution in [0.4, 0.5) is 4.39 Å². The van der Waals surface area contributed by atoms with Gasteiger partial charge in [0.05, 0.1) is 5.92 Å². The molecular formula is C15H20FNO2. The number of hydrogen-bond acceptors (Lipinski definition) is 2. The summed E-state index contributed by atoms with van der Waals surface area (Å²) in [6.45, 7) is 3.50. The van der Waals surface area contributed by atoms with Crippen LogP contribution in [0.3, 0.4) is 0 Å². The maximum atomic E-state index is 13.3. The second-order valence-corrected chi connectivity index (χ2v) is 5.15. The summed E-state index contributed by atoms with van der Waals surface area (Å²) in [5, 5.41) is 9.14. The van der Waals surface area contributed by atoms with Crippen molar-refractivity contribution in [1.82, 2.24) is 4.90 Å². The van der Waals surface area contributed by atoms with Gasteiger partial charge in [0.1, 0.15) is 5.82 Å². The van der Waals surface area contributed by atoms with Gasteiger partial charge < -0.3 is 5.11 Å². The number of carboxylic acids is 1. The minimum Gasteiger partial charge on any atom is -0.481 e. The topological polar surface area (TPSA) is 40.5 Å². The summed E-state index contributed by atoms with van der Waals surface area (Å²) >= 11 is 0. The Labute approximate surface area is 113 Å². The Morgan fingerprint density at radius 1 is 1.58 bits per heavy atom. The predicted octanol–water partition coefficient (Wildman–Crippen LogP) is 3.07. The molecule has 1 saturated heterocycles. The van der Waals surface area contributed by atoms with E-state index in [1.54, 1.807) is 12.1 Å². The lowest BCUT2D eigenvalue weighted by Gasteiger charge is -2.37. The molecule has 2 rings (SSSR count). The summed E-state index contributed by atoms with van der Waals surface area (Å²) < 4.78 is 13.3. The summed E-state index contributed by atoms with van der Waals surface area (Å²) in [5.41, 5.74) is 0.938. The molecule has 19 heavy (non-hydrogen) atoms. The number of benzene rings is 1. The lowest BCUT2D eigenvalue weighted by Crippen LogP contribution is -2.40. The van der Waals surface area contributed by atoms with E-state index in [0.717, 1.165) is 31.4 Å². The molecule has 0 spiro atoms. The Morgan fingerprint density at radius 2 is 2.37 bits per heavy atom. The van der Waals surface area contributed by atoms with Crippen molar-refractivity contribution in [1.29, 1.82) is 0 Å². The van der Waals surface area contributed by atoms with Gasteiger partial charge in [0.15, 0.2) is 0 Å². The zero-order chi connectivity index (χ0) is 13.8. The van der Waals surface area contributed by atoms with E-state index in [1.807, 2.05) is 6.07 Å². The number of hydrogen-bond donors (Lipinski definition) is 1. The number of nitrogens with zero attached hydrogens (tertiary/aromatic N) is 1. The molecule has 1 aliphatic heterocycles. The average Bonchev–Trinajstić information content (AvgIpc) is 2.40. The molecule has 2 unspecified atom stereocenters. The van der Waals surface area contributed by atoms with Gasteiger partial charge >= 0.3 is 5.97 Å². The molecule has 1 fully saturated rings. The third-order valence-corrected chi connectivity index (χ3v) is 3.86. The Hall–Kier alpha value is -1.42. The van der Waals surface area contributed by atoms with Crippen LogP contribution in [0.5, 0.6) is 0 Å². The molecule has 1 aliphatic rings. The molecule has 0 radical (unpaired) electrons. The first-order valence-electron chi connectivity index (χ1n) is 6.84. The van der Waals surface area contributed by atoms with E-state index in [0.29, 0.717) is 6.54 Å². The van der Waals surface area contributed by atoms with Gasteiger partial charge in [-0.05, 0) is 43.5 Å². The largest absolute Gasteiger partial charge is 0.481 e. The zero-order valence-electron chi connectivity index (χ0n) is 11.2. The fraction of sp³-hybridized carbons (Fsp3) is 0.533. The van der Waals surface area contributed by atoms with Crippen LogP contribution in [0, 0.1) is 11.7 Å². The summed E-state index contributed by atoms with van der Waals surface area (Å²) in [7, 11) is 0. The lowest BCUT2D eigenvalue weighted by atomic mass is 9.94. The summed E-state index contributed by atoms with van der Waals surface area (Å²) in [4.78, 5) is 13.3. The molecule has 2 atom stereocenters. The van der Waals surface area contributed by atoms with Crippen LogP contribution in [-0.4, -0.2) is 29.1 Å². The molecule has 0 saturated carbocycles. The number of piperidine rings is 1. The standard InChI is InChI=1S/C15H20FNO2/c1-2-14(11-5-3-7-13(16)9-11)17-8-4-6-12(10-17)15(18)19/h3,5,7,9,12,14H,2,4,6,8,10H2,1H3,(H,18,19). The van der Waals surface area contributed by atoms with Crippen LogP contribution in [0.2, 0.25) is 0 Å². The minimum atomic E-state index is -0.723. The molecule has 0 aromatic heterocycles. The van der Waals surface area contributed by atoms with Gasteiger partial charge in [-0.15, -0.1) is 0 Å². The number of carboxylic acid groups (broad SMARTS) is 1. The van der Waals surface area contributed by atoms with E-state index < -0.39 is 5.97 Å². The molecule has 1 N–H and O–H groups in total. The van der Waals surface area contributed by atoms with Crippen molar-refractivity contribution in [2.75, 3.05) is 13.1 Å². The Bertz CT molecular complexity index is 450. The molecule has 0 bridgehead atoms. The number of halogens is 1. The van der Waals surface area contributed by atoms with Gasteiger partial charge in [0.25, 0.3) is 0 Å². The fourth-order valence-electron chi connectivity index (χ4n) is 2.91. The van der Waals surface area contributed by atoms with Crippen molar-refractivity contribution in [3.05, 3.63) is 35.6 Å². The van der Waals surface area contributed by atoms with Crippen LogP contribution < -0.4 is 0 Å². The van der Waals surface area contributed by atoms with Crippen LogP contribution in [0.25, 0.3) is 0 Å². The fourth-order valence-corrected chi connectivity index (χ4v) is 2.91. The molecule has 4 heteroatoms. The Balaban J connectivity index is 2.15. The Kier molecular flexibility index (Phi) is 4.53. The van der Waals surface area contributed by atoms with Crippen LogP contribution >= 0.6 is 0 Å². The van der Waals surface area contributed by atoms with E-state index in [-0.39, 0.29) is 17.8 Å². The van der Waals surface area contributed by atoms with E-state index in [2.05, 4.69) is 11.8 Å². The van der Waals surface area contributed by atoms with E-state index in [4.69, 9.17) is 5.11 Å². The highest BCUT2D eigenvalue weighted by molar-refractivity contribution is 5.70. The van der Waals surface area contributed by atoms with Gasteiger partial charge in [0, 0.05) is 12.6 Å². The van der Waals surface area contributed by atoms with Crippen molar-refractivity contribution in [2.24, 2.45) is 5.92 Å². The number of aliphatic carboxylic acids is 1. The highest BCUT2D eigenvalue weighted by atomic mass is 19.1. The molecule has 3 nitrogen and oxygen atoms in total. The van der Waals surface area contributed by atoms with Gasteiger partial charge in [-0.25, -0.2) is 4.39 Å². The molecule has 104 valence electrons.